The van der Waals surface area contributed by atoms with E-state index in [0.717, 1.165) is 23.8 Å². The number of aromatic nitrogens is 2. The number of nitrogens with one attached hydrogen (secondary N) is 1. The number of nitrogens with zero attached hydrogens (tertiary/aromatic N) is 2. The number of hydrogen-bond acceptors (Lipinski definition) is 2. The second kappa shape index (κ2) is 6.22. The first-order valence-corrected chi connectivity index (χ1v) is 7.04. The maximum Gasteiger partial charge on any atom is 0.0650 e. The van der Waals surface area contributed by atoms with E-state index >= 15 is 0 Å². The van der Waals surface area contributed by atoms with Gasteiger partial charge in [-0.05, 0) is 36.7 Å². The van der Waals surface area contributed by atoms with Crippen LogP contribution in [0, 0.1) is 0 Å². The summed E-state index contributed by atoms with van der Waals surface area (Å²) in [6.45, 7) is 8.32. The van der Waals surface area contributed by atoms with E-state index in [0.29, 0.717) is 5.92 Å². The number of benzene rings is 1. The molecule has 0 spiro atoms. The Bertz CT molecular complexity index is 529. The molecule has 2 aromatic rings. The Labute approximate surface area is 119 Å². The molecule has 0 radical (unpaired) electrons. The third-order valence-corrected chi connectivity index (χ3v) is 3.32. The Hall–Kier alpha value is -1.32. The molecule has 0 bridgehead atoms. The molecule has 1 heterocycles. The van der Waals surface area contributed by atoms with Crippen molar-refractivity contribution < 1.29 is 0 Å². The molecule has 1 N–H and O–H groups in total. The van der Waals surface area contributed by atoms with E-state index < -0.39 is 0 Å². The zero-order valence-electron chi connectivity index (χ0n) is 11.7. The lowest BCUT2D eigenvalue weighted by Gasteiger charge is -2.13. The van der Waals surface area contributed by atoms with E-state index in [1.54, 1.807) is 0 Å². The van der Waals surface area contributed by atoms with Gasteiger partial charge in [-0.25, -0.2) is 4.68 Å². The molecule has 0 unspecified atom stereocenters. The summed E-state index contributed by atoms with van der Waals surface area (Å²) >= 11 is 5.94. The van der Waals surface area contributed by atoms with E-state index in [1.807, 2.05) is 35.1 Å². The van der Waals surface area contributed by atoms with E-state index in [9.17, 15) is 0 Å². The van der Waals surface area contributed by atoms with Crippen LogP contribution in [-0.2, 0) is 6.54 Å². The number of halogens is 1. The van der Waals surface area contributed by atoms with Gasteiger partial charge >= 0.3 is 0 Å². The van der Waals surface area contributed by atoms with Gasteiger partial charge in [-0.3, -0.25) is 0 Å². The topological polar surface area (TPSA) is 29.9 Å². The molecule has 0 fully saturated rings. The lowest BCUT2D eigenvalue weighted by molar-refractivity contribution is 0.689. The van der Waals surface area contributed by atoms with Gasteiger partial charge in [0.2, 0.25) is 0 Å². The van der Waals surface area contributed by atoms with Crippen molar-refractivity contribution in [2.75, 3.05) is 6.54 Å². The molecule has 0 amide bonds. The molecule has 19 heavy (non-hydrogen) atoms. The van der Waals surface area contributed by atoms with Crippen molar-refractivity contribution in [3.8, 4) is 5.69 Å². The summed E-state index contributed by atoms with van der Waals surface area (Å²) in [6, 6.07) is 7.79. The van der Waals surface area contributed by atoms with Crippen LogP contribution in [0.4, 0.5) is 0 Å². The van der Waals surface area contributed by atoms with Gasteiger partial charge < -0.3 is 5.32 Å². The largest absolute Gasteiger partial charge is 0.313 e. The lowest BCUT2D eigenvalue weighted by Crippen LogP contribution is -2.14. The van der Waals surface area contributed by atoms with Crippen LogP contribution in [0.2, 0.25) is 5.02 Å². The van der Waals surface area contributed by atoms with Crippen molar-refractivity contribution in [2.24, 2.45) is 0 Å². The highest BCUT2D eigenvalue weighted by Gasteiger charge is 2.14. The summed E-state index contributed by atoms with van der Waals surface area (Å²) in [4.78, 5) is 0. The molecule has 0 aliphatic heterocycles. The molecule has 0 aliphatic rings. The fourth-order valence-electron chi connectivity index (χ4n) is 2.19. The van der Waals surface area contributed by atoms with E-state index in [4.69, 9.17) is 11.6 Å². The number of hydrogen-bond donors (Lipinski definition) is 1. The second-order valence-electron chi connectivity index (χ2n) is 4.88. The smallest absolute Gasteiger partial charge is 0.0650 e. The Kier molecular flexibility index (Phi) is 4.61. The average molecular weight is 278 g/mol. The summed E-state index contributed by atoms with van der Waals surface area (Å²) < 4.78 is 2.01. The van der Waals surface area contributed by atoms with Gasteiger partial charge in [0, 0.05) is 17.1 Å². The third-order valence-electron chi connectivity index (χ3n) is 3.07. The molecule has 0 saturated heterocycles. The molecule has 0 saturated carbocycles. The Morgan fingerprint density at radius 2 is 1.95 bits per heavy atom. The second-order valence-corrected chi connectivity index (χ2v) is 5.31. The summed E-state index contributed by atoms with van der Waals surface area (Å²) in [6.07, 6.45) is 1.95. The minimum Gasteiger partial charge on any atom is -0.313 e. The van der Waals surface area contributed by atoms with Crippen LogP contribution >= 0.6 is 11.6 Å². The van der Waals surface area contributed by atoms with E-state index in [1.165, 1.54) is 11.3 Å². The van der Waals surface area contributed by atoms with Crippen molar-refractivity contribution in [3.63, 3.8) is 0 Å². The van der Waals surface area contributed by atoms with Crippen LogP contribution in [0.1, 0.15) is 37.9 Å². The standard InChI is InChI=1S/C15H20ClN3/c1-4-17-9-12-10-18-19(15(12)11(2)3)14-7-5-13(16)6-8-14/h5-8,10-11,17H,4,9H2,1-3H3. The van der Waals surface area contributed by atoms with Crippen LogP contribution in [0.25, 0.3) is 5.69 Å². The summed E-state index contributed by atoms with van der Waals surface area (Å²) in [5, 5.41) is 8.63. The first-order valence-electron chi connectivity index (χ1n) is 6.67. The van der Waals surface area contributed by atoms with Gasteiger partial charge in [-0.2, -0.15) is 5.10 Å². The van der Waals surface area contributed by atoms with Crippen LogP contribution in [-0.4, -0.2) is 16.3 Å². The maximum atomic E-state index is 5.94. The molecule has 0 aliphatic carbocycles. The van der Waals surface area contributed by atoms with Crippen molar-refractivity contribution in [1.29, 1.82) is 0 Å². The SMILES string of the molecule is CCNCc1cnn(-c2ccc(Cl)cc2)c1C(C)C. The van der Waals surface area contributed by atoms with Crippen LogP contribution in [0.15, 0.2) is 30.5 Å². The number of rotatable bonds is 5. The van der Waals surface area contributed by atoms with Crippen molar-refractivity contribution in [1.82, 2.24) is 15.1 Å². The Morgan fingerprint density at radius 1 is 1.26 bits per heavy atom. The molecule has 2 rings (SSSR count). The summed E-state index contributed by atoms with van der Waals surface area (Å²) in [5.74, 6) is 0.423. The lowest BCUT2D eigenvalue weighted by atomic mass is 10.1. The van der Waals surface area contributed by atoms with E-state index in [2.05, 4.69) is 31.2 Å². The van der Waals surface area contributed by atoms with Gasteiger partial charge in [-0.1, -0.05) is 32.4 Å². The zero-order valence-corrected chi connectivity index (χ0v) is 12.4. The normalized spacial score (nSPS) is 11.2. The van der Waals surface area contributed by atoms with Gasteiger partial charge in [0.1, 0.15) is 0 Å². The summed E-state index contributed by atoms with van der Waals surface area (Å²) in [5.41, 5.74) is 3.56. The van der Waals surface area contributed by atoms with Crippen LogP contribution < -0.4 is 5.32 Å². The maximum absolute atomic E-state index is 5.94. The fourth-order valence-corrected chi connectivity index (χ4v) is 2.32. The highest BCUT2D eigenvalue weighted by Crippen LogP contribution is 2.23. The zero-order chi connectivity index (χ0) is 13.8. The minimum absolute atomic E-state index is 0.423. The molecule has 1 aromatic carbocycles. The van der Waals surface area contributed by atoms with Crippen molar-refractivity contribution >= 4 is 11.6 Å². The highest BCUT2D eigenvalue weighted by molar-refractivity contribution is 6.30. The molecule has 0 atom stereocenters. The third kappa shape index (κ3) is 3.17. The Balaban J connectivity index is 2.39. The van der Waals surface area contributed by atoms with Gasteiger partial charge in [0.15, 0.2) is 0 Å². The van der Waals surface area contributed by atoms with Crippen molar-refractivity contribution in [3.05, 3.63) is 46.7 Å². The van der Waals surface area contributed by atoms with Crippen LogP contribution in [0.5, 0.6) is 0 Å². The molecule has 1 aromatic heterocycles. The first-order chi connectivity index (χ1) is 9.13. The first kappa shape index (κ1) is 14.1. The molecule has 3 nitrogen and oxygen atoms in total. The molecular formula is C15H20ClN3. The highest BCUT2D eigenvalue weighted by atomic mass is 35.5. The van der Waals surface area contributed by atoms with Gasteiger partial charge in [0.25, 0.3) is 0 Å². The fraction of sp³-hybridized carbons (Fsp3) is 0.400. The molecule has 102 valence electrons. The van der Waals surface area contributed by atoms with Crippen LogP contribution in [0.3, 0.4) is 0 Å². The van der Waals surface area contributed by atoms with Crippen molar-refractivity contribution in [2.45, 2.75) is 33.2 Å². The quantitative estimate of drug-likeness (QED) is 0.902. The average Bonchev–Trinajstić information content (AvgIpc) is 2.81. The van der Waals surface area contributed by atoms with Gasteiger partial charge in [0.05, 0.1) is 17.6 Å². The monoisotopic (exact) mass is 277 g/mol. The molecular weight excluding hydrogens is 258 g/mol. The molecule has 4 heteroatoms. The minimum atomic E-state index is 0.423. The predicted octanol–water partition coefficient (Wildman–Crippen LogP) is 3.76. The summed E-state index contributed by atoms with van der Waals surface area (Å²) in [7, 11) is 0. The predicted molar refractivity (Wildman–Crippen MR) is 80.0 cm³/mol. The van der Waals surface area contributed by atoms with E-state index in [-0.39, 0.29) is 0 Å². The van der Waals surface area contributed by atoms with Gasteiger partial charge in [-0.15, -0.1) is 0 Å². The Morgan fingerprint density at radius 3 is 2.53 bits per heavy atom.